The zero-order chi connectivity index (χ0) is 24.6. The zero-order valence-electron chi connectivity index (χ0n) is 20.6. The van der Waals surface area contributed by atoms with Crippen LogP contribution in [0.5, 0.6) is 0 Å². The smallest absolute Gasteiger partial charge is 0.235 e. The van der Waals surface area contributed by atoms with E-state index in [1.54, 1.807) is 22.7 Å². The van der Waals surface area contributed by atoms with Crippen molar-refractivity contribution in [3.63, 3.8) is 0 Å². The summed E-state index contributed by atoms with van der Waals surface area (Å²) in [6.07, 6.45) is 2.97. The first-order valence-corrected chi connectivity index (χ1v) is 14.2. The van der Waals surface area contributed by atoms with Gasteiger partial charge in [0, 0.05) is 26.7 Å². The second-order valence-corrected chi connectivity index (χ2v) is 13.3. The van der Waals surface area contributed by atoms with Gasteiger partial charge in [0.25, 0.3) is 0 Å². The summed E-state index contributed by atoms with van der Waals surface area (Å²) in [5, 5.41) is 25.1. The molecule has 1 atom stereocenters. The Balaban J connectivity index is 1.47. The summed E-state index contributed by atoms with van der Waals surface area (Å²) < 4.78 is 2.08. The Kier molecular flexibility index (Phi) is 7.22. The molecule has 6 nitrogen and oxygen atoms in total. The van der Waals surface area contributed by atoms with E-state index in [9.17, 15) is 10.1 Å². The number of nitriles is 1. The predicted molar refractivity (Wildman–Crippen MR) is 142 cm³/mol. The van der Waals surface area contributed by atoms with Crippen LogP contribution in [-0.4, -0.2) is 26.4 Å². The first-order chi connectivity index (χ1) is 16.1. The Bertz CT molecular complexity index is 1240. The number of nitrogens with one attached hydrogen (secondary N) is 1. The topological polar surface area (TPSA) is 83.6 Å². The first-order valence-electron chi connectivity index (χ1n) is 11.6. The molecule has 1 N–H and O–H groups in total. The second kappa shape index (κ2) is 9.84. The van der Waals surface area contributed by atoms with Crippen LogP contribution in [0.4, 0.5) is 5.00 Å². The molecule has 180 valence electrons. The molecule has 0 aromatic carbocycles. The number of hydrogen-bond acceptors (Lipinski definition) is 7. The number of anilines is 1. The lowest BCUT2D eigenvalue weighted by atomic mass is 9.72. The third-order valence-electron chi connectivity index (χ3n) is 6.36. The summed E-state index contributed by atoms with van der Waals surface area (Å²) >= 11 is 4.64. The van der Waals surface area contributed by atoms with Crippen molar-refractivity contribution in [2.24, 2.45) is 11.3 Å². The van der Waals surface area contributed by atoms with E-state index in [4.69, 9.17) is 0 Å². The Morgan fingerprint density at radius 2 is 2.15 bits per heavy atom. The number of thioether (sulfide) groups is 1. The Labute approximate surface area is 213 Å². The SMILES string of the molecule is Cc1cc(-c2nnc(SCC(=O)Nc3sc4c(c3C#N)CCC(C(C)(C)C)C4)n2C(C)C)cs1. The lowest BCUT2D eigenvalue weighted by Crippen LogP contribution is -2.26. The maximum Gasteiger partial charge on any atom is 0.235 e. The molecule has 0 bridgehead atoms. The number of rotatable bonds is 6. The van der Waals surface area contributed by atoms with Crippen LogP contribution in [-0.2, 0) is 17.6 Å². The Morgan fingerprint density at radius 3 is 2.76 bits per heavy atom. The molecule has 1 aliphatic rings. The largest absolute Gasteiger partial charge is 0.316 e. The van der Waals surface area contributed by atoms with Gasteiger partial charge in [-0.15, -0.1) is 32.9 Å². The number of hydrogen-bond donors (Lipinski definition) is 1. The minimum Gasteiger partial charge on any atom is -0.316 e. The molecule has 3 aromatic rings. The minimum atomic E-state index is -0.126. The van der Waals surface area contributed by atoms with Gasteiger partial charge in [-0.25, -0.2) is 0 Å². The summed E-state index contributed by atoms with van der Waals surface area (Å²) in [6, 6.07) is 4.63. The van der Waals surface area contributed by atoms with Crippen molar-refractivity contribution < 1.29 is 4.79 Å². The lowest BCUT2D eigenvalue weighted by molar-refractivity contribution is -0.113. The number of carbonyl (C=O) groups excluding carboxylic acids is 1. The summed E-state index contributed by atoms with van der Waals surface area (Å²) in [7, 11) is 0. The number of aromatic nitrogens is 3. The number of fused-ring (bicyclic) bond motifs is 1. The van der Waals surface area contributed by atoms with Crippen molar-refractivity contribution >= 4 is 45.3 Å². The number of amides is 1. The minimum absolute atomic E-state index is 0.126. The highest BCUT2D eigenvalue weighted by molar-refractivity contribution is 7.99. The van der Waals surface area contributed by atoms with E-state index in [-0.39, 0.29) is 23.1 Å². The van der Waals surface area contributed by atoms with Gasteiger partial charge >= 0.3 is 0 Å². The molecule has 3 heterocycles. The van der Waals surface area contributed by atoms with E-state index in [0.717, 1.165) is 41.4 Å². The quantitative estimate of drug-likeness (QED) is 0.370. The van der Waals surface area contributed by atoms with Crippen molar-refractivity contribution in [1.82, 2.24) is 14.8 Å². The molecule has 34 heavy (non-hydrogen) atoms. The number of thiophene rings is 2. The van der Waals surface area contributed by atoms with Crippen LogP contribution in [0.1, 0.15) is 68.0 Å². The van der Waals surface area contributed by atoms with Gasteiger partial charge in [-0.2, -0.15) is 5.26 Å². The van der Waals surface area contributed by atoms with Crippen LogP contribution < -0.4 is 5.32 Å². The Morgan fingerprint density at radius 1 is 1.38 bits per heavy atom. The van der Waals surface area contributed by atoms with E-state index in [1.165, 1.54) is 21.5 Å². The average molecular weight is 514 g/mol. The van der Waals surface area contributed by atoms with E-state index in [0.29, 0.717) is 16.5 Å². The third kappa shape index (κ3) is 5.09. The van der Waals surface area contributed by atoms with Crippen molar-refractivity contribution in [2.45, 2.75) is 72.0 Å². The van der Waals surface area contributed by atoms with E-state index in [2.05, 4.69) is 79.1 Å². The maximum absolute atomic E-state index is 12.9. The fourth-order valence-electron chi connectivity index (χ4n) is 4.42. The van der Waals surface area contributed by atoms with Crippen LogP contribution in [0, 0.1) is 29.6 Å². The van der Waals surface area contributed by atoms with Crippen molar-refractivity contribution in [1.29, 1.82) is 5.26 Å². The fraction of sp³-hybridized carbons (Fsp3) is 0.520. The molecule has 4 rings (SSSR count). The highest BCUT2D eigenvalue weighted by Gasteiger charge is 2.32. The molecule has 0 saturated carbocycles. The normalized spacial score (nSPS) is 15.9. The van der Waals surface area contributed by atoms with Gasteiger partial charge in [-0.05, 0) is 63.0 Å². The number of carbonyl (C=O) groups is 1. The highest BCUT2D eigenvalue weighted by atomic mass is 32.2. The lowest BCUT2D eigenvalue weighted by Gasteiger charge is -2.33. The van der Waals surface area contributed by atoms with Crippen LogP contribution in [0.25, 0.3) is 11.4 Å². The predicted octanol–water partition coefficient (Wildman–Crippen LogP) is 6.71. The summed E-state index contributed by atoms with van der Waals surface area (Å²) in [5.74, 6) is 1.51. The molecule has 1 unspecified atom stereocenters. The number of aryl methyl sites for hydroxylation is 1. The zero-order valence-corrected chi connectivity index (χ0v) is 23.0. The van der Waals surface area contributed by atoms with Gasteiger partial charge in [-0.3, -0.25) is 9.36 Å². The average Bonchev–Trinajstić information content (AvgIpc) is 3.46. The van der Waals surface area contributed by atoms with Crippen LogP contribution in [0.15, 0.2) is 16.6 Å². The fourth-order valence-corrected chi connectivity index (χ4v) is 7.27. The van der Waals surface area contributed by atoms with Gasteiger partial charge in [0.1, 0.15) is 11.1 Å². The van der Waals surface area contributed by atoms with Crippen LogP contribution in [0.2, 0.25) is 0 Å². The Hall–Kier alpha value is -2.15. The first kappa shape index (κ1) is 25.0. The molecular weight excluding hydrogens is 483 g/mol. The summed E-state index contributed by atoms with van der Waals surface area (Å²) in [6.45, 7) is 13.1. The summed E-state index contributed by atoms with van der Waals surface area (Å²) in [4.78, 5) is 15.3. The van der Waals surface area contributed by atoms with E-state index < -0.39 is 0 Å². The van der Waals surface area contributed by atoms with Gasteiger partial charge in [0.15, 0.2) is 11.0 Å². The van der Waals surface area contributed by atoms with E-state index >= 15 is 0 Å². The molecule has 9 heteroatoms. The molecule has 0 saturated heterocycles. The summed E-state index contributed by atoms with van der Waals surface area (Å²) in [5.41, 5.74) is 3.07. The van der Waals surface area contributed by atoms with Crippen LogP contribution >= 0.6 is 34.4 Å². The standard InChI is InChI=1S/C25H31N5OS3/c1-14(2)30-22(16-9-15(3)32-12-16)28-29-24(30)33-13-21(31)27-23-19(11-26)18-8-7-17(25(4,5)6)10-20(18)34-23/h9,12,14,17H,7-8,10,13H2,1-6H3,(H,27,31). The molecule has 0 radical (unpaired) electrons. The molecule has 0 spiro atoms. The van der Waals surface area contributed by atoms with E-state index in [1.807, 2.05) is 0 Å². The van der Waals surface area contributed by atoms with Gasteiger partial charge in [0.2, 0.25) is 5.91 Å². The molecule has 1 aliphatic carbocycles. The van der Waals surface area contributed by atoms with Gasteiger partial charge in [-0.1, -0.05) is 32.5 Å². The van der Waals surface area contributed by atoms with Gasteiger partial charge < -0.3 is 5.32 Å². The second-order valence-electron chi connectivity index (χ2n) is 10.2. The molecular formula is C25H31N5OS3. The monoisotopic (exact) mass is 513 g/mol. The van der Waals surface area contributed by atoms with Crippen molar-refractivity contribution in [2.75, 3.05) is 11.1 Å². The van der Waals surface area contributed by atoms with Crippen molar-refractivity contribution in [3.8, 4) is 17.5 Å². The van der Waals surface area contributed by atoms with Gasteiger partial charge in [0.05, 0.1) is 11.3 Å². The molecule has 0 fully saturated rings. The molecule has 0 aliphatic heterocycles. The van der Waals surface area contributed by atoms with Crippen LogP contribution in [0.3, 0.4) is 0 Å². The molecule has 1 amide bonds. The maximum atomic E-state index is 12.9. The number of nitrogens with zero attached hydrogens (tertiary/aromatic N) is 4. The van der Waals surface area contributed by atoms with Crippen molar-refractivity contribution in [3.05, 3.63) is 32.3 Å². The third-order valence-corrected chi connectivity index (χ3v) is 9.33. The highest BCUT2D eigenvalue weighted by Crippen LogP contribution is 2.44. The molecule has 3 aromatic heterocycles.